The van der Waals surface area contributed by atoms with Gasteiger partial charge in [-0.1, -0.05) is 38.8 Å². The molecule has 0 fully saturated rings. The Morgan fingerprint density at radius 2 is 2.12 bits per heavy atom. The number of nitro benzene ring substituents is 1. The number of hydrogen-bond acceptors (Lipinski definition) is 2. The van der Waals surface area contributed by atoms with Crippen molar-refractivity contribution in [1.29, 1.82) is 0 Å². The first-order valence-electron chi connectivity index (χ1n) is 5.79. The van der Waals surface area contributed by atoms with Crippen LogP contribution in [0.4, 0.5) is 5.69 Å². The molecule has 16 heavy (non-hydrogen) atoms. The number of nitro groups is 1. The first-order valence-corrected chi connectivity index (χ1v) is 5.79. The van der Waals surface area contributed by atoms with Gasteiger partial charge < -0.3 is 0 Å². The predicted octanol–water partition coefficient (Wildman–Crippen LogP) is 3.88. The van der Waals surface area contributed by atoms with E-state index in [0.29, 0.717) is 5.92 Å². The Morgan fingerprint density at radius 3 is 2.69 bits per heavy atom. The number of rotatable bonds is 5. The highest BCUT2D eigenvalue weighted by atomic mass is 16.6. The van der Waals surface area contributed by atoms with E-state index in [-0.39, 0.29) is 10.6 Å². The van der Waals surface area contributed by atoms with Crippen molar-refractivity contribution in [2.45, 2.75) is 40.0 Å². The molecule has 0 heterocycles. The molecule has 0 aliphatic rings. The third-order valence-corrected chi connectivity index (χ3v) is 2.96. The van der Waals surface area contributed by atoms with Crippen LogP contribution in [-0.2, 0) is 6.42 Å². The predicted molar refractivity (Wildman–Crippen MR) is 65.6 cm³/mol. The second-order valence-electron chi connectivity index (χ2n) is 4.42. The van der Waals surface area contributed by atoms with Crippen LogP contribution >= 0.6 is 0 Å². The highest BCUT2D eigenvalue weighted by molar-refractivity contribution is 5.44. The molecule has 1 aromatic carbocycles. The molecule has 1 unspecified atom stereocenters. The first-order chi connectivity index (χ1) is 7.56. The van der Waals surface area contributed by atoms with Crippen LogP contribution in [0.5, 0.6) is 0 Å². The Labute approximate surface area is 96.6 Å². The minimum absolute atomic E-state index is 0.237. The lowest BCUT2D eigenvalue weighted by Gasteiger charge is -2.12. The van der Waals surface area contributed by atoms with Crippen LogP contribution in [0.1, 0.15) is 37.8 Å². The monoisotopic (exact) mass is 221 g/mol. The molecule has 1 rings (SSSR count). The standard InChI is InChI=1S/C13H19NO2/c1-4-6-10(2)9-12-7-5-8-13(11(12)3)14(15)16/h5,7-8,10H,4,6,9H2,1-3H3. The normalized spacial score (nSPS) is 12.4. The zero-order chi connectivity index (χ0) is 12.1. The molecule has 1 atom stereocenters. The second-order valence-corrected chi connectivity index (χ2v) is 4.42. The molecule has 0 spiro atoms. The van der Waals surface area contributed by atoms with Gasteiger partial charge in [0.1, 0.15) is 0 Å². The molecule has 88 valence electrons. The zero-order valence-electron chi connectivity index (χ0n) is 10.2. The van der Waals surface area contributed by atoms with Crippen LogP contribution in [0.3, 0.4) is 0 Å². The average Bonchev–Trinajstić information content (AvgIpc) is 2.21. The van der Waals surface area contributed by atoms with Crippen molar-refractivity contribution in [3.8, 4) is 0 Å². The smallest absolute Gasteiger partial charge is 0.258 e. The molecule has 3 heteroatoms. The van der Waals surface area contributed by atoms with Gasteiger partial charge >= 0.3 is 0 Å². The summed E-state index contributed by atoms with van der Waals surface area (Å²) in [7, 11) is 0. The molecular formula is C13H19NO2. The highest BCUT2D eigenvalue weighted by Gasteiger charge is 2.14. The third kappa shape index (κ3) is 3.05. The zero-order valence-corrected chi connectivity index (χ0v) is 10.2. The van der Waals surface area contributed by atoms with E-state index in [1.807, 2.05) is 13.0 Å². The molecule has 0 saturated heterocycles. The Bertz CT molecular complexity index is 374. The van der Waals surface area contributed by atoms with E-state index in [0.717, 1.165) is 24.0 Å². The van der Waals surface area contributed by atoms with Crippen LogP contribution in [0.2, 0.25) is 0 Å². The SMILES string of the molecule is CCCC(C)Cc1cccc([N+](=O)[O-])c1C. The fourth-order valence-electron chi connectivity index (χ4n) is 2.06. The van der Waals surface area contributed by atoms with E-state index in [9.17, 15) is 10.1 Å². The Morgan fingerprint density at radius 1 is 1.44 bits per heavy atom. The Balaban J connectivity index is 2.89. The van der Waals surface area contributed by atoms with E-state index in [4.69, 9.17) is 0 Å². The van der Waals surface area contributed by atoms with Crippen molar-refractivity contribution in [1.82, 2.24) is 0 Å². The van der Waals surface area contributed by atoms with Gasteiger partial charge in [-0.2, -0.15) is 0 Å². The van der Waals surface area contributed by atoms with Gasteiger partial charge in [0, 0.05) is 11.6 Å². The molecular weight excluding hydrogens is 202 g/mol. The number of benzene rings is 1. The van der Waals surface area contributed by atoms with Crippen LogP contribution in [-0.4, -0.2) is 4.92 Å². The Hall–Kier alpha value is -1.38. The molecule has 0 aliphatic carbocycles. The van der Waals surface area contributed by atoms with E-state index in [1.165, 1.54) is 6.42 Å². The fourth-order valence-corrected chi connectivity index (χ4v) is 2.06. The summed E-state index contributed by atoms with van der Waals surface area (Å²) in [6.45, 7) is 6.20. The lowest BCUT2D eigenvalue weighted by molar-refractivity contribution is -0.385. The van der Waals surface area contributed by atoms with Crippen molar-refractivity contribution in [2.75, 3.05) is 0 Å². The van der Waals surface area contributed by atoms with Crippen LogP contribution in [0.15, 0.2) is 18.2 Å². The minimum atomic E-state index is -0.302. The average molecular weight is 221 g/mol. The van der Waals surface area contributed by atoms with E-state index in [2.05, 4.69) is 13.8 Å². The van der Waals surface area contributed by atoms with E-state index >= 15 is 0 Å². The van der Waals surface area contributed by atoms with Crippen LogP contribution in [0, 0.1) is 23.0 Å². The summed E-state index contributed by atoms with van der Waals surface area (Å²) < 4.78 is 0. The number of hydrogen-bond donors (Lipinski definition) is 0. The van der Waals surface area contributed by atoms with Crippen molar-refractivity contribution >= 4 is 5.69 Å². The van der Waals surface area contributed by atoms with Gasteiger partial charge in [-0.3, -0.25) is 10.1 Å². The van der Waals surface area contributed by atoms with E-state index < -0.39 is 0 Å². The molecule has 0 bridgehead atoms. The third-order valence-electron chi connectivity index (χ3n) is 2.96. The van der Waals surface area contributed by atoms with Crippen LogP contribution < -0.4 is 0 Å². The van der Waals surface area contributed by atoms with Crippen molar-refractivity contribution in [3.05, 3.63) is 39.4 Å². The molecule has 0 radical (unpaired) electrons. The maximum Gasteiger partial charge on any atom is 0.272 e. The maximum atomic E-state index is 10.8. The number of nitrogens with zero attached hydrogens (tertiary/aromatic N) is 1. The second kappa shape index (κ2) is 5.64. The van der Waals surface area contributed by atoms with Crippen LogP contribution in [0.25, 0.3) is 0 Å². The summed E-state index contributed by atoms with van der Waals surface area (Å²) in [6, 6.07) is 5.34. The molecule has 0 aromatic heterocycles. The lowest BCUT2D eigenvalue weighted by Crippen LogP contribution is -2.03. The van der Waals surface area contributed by atoms with Crippen molar-refractivity contribution < 1.29 is 4.92 Å². The summed E-state index contributed by atoms with van der Waals surface area (Å²) in [5.41, 5.74) is 2.16. The van der Waals surface area contributed by atoms with Gasteiger partial charge in [-0.05, 0) is 24.8 Å². The topological polar surface area (TPSA) is 43.1 Å². The lowest BCUT2D eigenvalue weighted by atomic mass is 9.94. The molecule has 0 N–H and O–H groups in total. The van der Waals surface area contributed by atoms with Gasteiger partial charge in [-0.25, -0.2) is 0 Å². The first kappa shape index (κ1) is 12.7. The molecule has 0 amide bonds. The summed E-state index contributed by atoms with van der Waals surface area (Å²) in [5, 5.41) is 10.8. The molecule has 3 nitrogen and oxygen atoms in total. The fraction of sp³-hybridized carbons (Fsp3) is 0.538. The van der Waals surface area contributed by atoms with E-state index in [1.54, 1.807) is 12.1 Å². The molecule has 0 aliphatic heterocycles. The molecule has 0 saturated carbocycles. The largest absolute Gasteiger partial charge is 0.272 e. The van der Waals surface area contributed by atoms with Crippen molar-refractivity contribution in [2.24, 2.45) is 5.92 Å². The van der Waals surface area contributed by atoms with Gasteiger partial charge in [-0.15, -0.1) is 0 Å². The van der Waals surface area contributed by atoms with Gasteiger partial charge in [0.15, 0.2) is 0 Å². The van der Waals surface area contributed by atoms with Gasteiger partial charge in [0.05, 0.1) is 4.92 Å². The minimum Gasteiger partial charge on any atom is -0.258 e. The molecule has 1 aromatic rings. The maximum absolute atomic E-state index is 10.8. The summed E-state index contributed by atoms with van der Waals surface area (Å²) >= 11 is 0. The Kier molecular flexibility index (Phi) is 4.47. The summed E-state index contributed by atoms with van der Waals surface area (Å²) in [4.78, 5) is 10.5. The quantitative estimate of drug-likeness (QED) is 0.559. The summed E-state index contributed by atoms with van der Waals surface area (Å²) in [5.74, 6) is 0.589. The van der Waals surface area contributed by atoms with Gasteiger partial charge in [0.25, 0.3) is 5.69 Å². The van der Waals surface area contributed by atoms with Crippen molar-refractivity contribution in [3.63, 3.8) is 0 Å². The van der Waals surface area contributed by atoms with Gasteiger partial charge in [0.2, 0.25) is 0 Å². The highest BCUT2D eigenvalue weighted by Crippen LogP contribution is 2.24. The summed E-state index contributed by atoms with van der Waals surface area (Å²) in [6.07, 6.45) is 3.26.